The molecule has 0 aliphatic carbocycles. The van der Waals surface area contributed by atoms with Crippen molar-refractivity contribution >= 4 is 17.9 Å². The van der Waals surface area contributed by atoms with Crippen LogP contribution in [0.4, 0.5) is 5.95 Å². The van der Waals surface area contributed by atoms with Crippen LogP contribution >= 0.6 is 0 Å². The molecule has 7 heteroatoms. The summed E-state index contributed by atoms with van der Waals surface area (Å²) in [6.45, 7) is 1.07. The molecule has 1 aliphatic heterocycles. The molecule has 0 atom stereocenters. The Balaban J connectivity index is 1.41. The fourth-order valence-corrected chi connectivity index (χ4v) is 2.53. The van der Waals surface area contributed by atoms with Gasteiger partial charge in [-0.2, -0.15) is 4.98 Å². The first-order chi connectivity index (χ1) is 12.8. The quantitative estimate of drug-likeness (QED) is 0.708. The van der Waals surface area contributed by atoms with Crippen LogP contribution in [0.15, 0.2) is 54.6 Å². The standard InChI is InChI=1S/C19H16N4O3/c24-17(9-7-13-6-8-15-16(12-13)26-11-10-25-15)20-19-21-18(22-23-19)14-4-2-1-3-5-14/h1-9,12H,10-11H2,(H2,20,21,22,23,24)/b9-7+. The van der Waals surface area contributed by atoms with Crippen molar-refractivity contribution in [2.45, 2.75) is 0 Å². The molecule has 2 aromatic carbocycles. The number of H-pyrrole nitrogens is 1. The summed E-state index contributed by atoms with van der Waals surface area (Å²) in [7, 11) is 0. The summed E-state index contributed by atoms with van der Waals surface area (Å²) in [4.78, 5) is 16.3. The maximum atomic E-state index is 12.1. The molecule has 26 heavy (non-hydrogen) atoms. The van der Waals surface area contributed by atoms with Gasteiger partial charge in [0, 0.05) is 11.6 Å². The number of fused-ring (bicyclic) bond motifs is 1. The van der Waals surface area contributed by atoms with E-state index in [4.69, 9.17) is 9.47 Å². The molecule has 0 saturated carbocycles. The number of nitrogens with zero attached hydrogens (tertiary/aromatic N) is 2. The van der Waals surface area contributed by atoms with E-state index in [2.05, 4.69) is 20.5 Å². The number of carbonyl (C=O) groups excluding carboxylic acids is 1. The Kier molecular flexibility index (Phi) is 4.34. The number of ether oxygens (including phenoxy) is 2. The van der Waals surface area contributed by atoms with Gasteiger partial charge in [0.25, 0.3) is 5.91 Å². The lowest BCUT2D eigenvalue weighted by atomic mass is 10.2. The van der Waals surface area contributed by atoms with Gasteiger partial charge in [0.2, 0.25) is 5.95 Å². The topological polar surface area (TPSA) is 89.1 Å². The van der Waals surface area contributed by atoms with Crippen LogP contribution in [-0.2, 0) is 4.79 Å². The second-order valence-corrected chi connectivity index (χ2v) is 5.60. The zero-order valence-electron chi connectivity index (χ0n) is 13.8. The number of benzene rings is 2. The summed E-state index contributed by atoms with van der Waals surface area (Å²) < 4.78 is 11.0. The van der Waals surface area contributed by atoms with E-state index in [0.29, 0.717) is 30.5 Å². The number of rotatable bonds is 4. The molecule has 0 fully saturated rings. The van der Waals surface area contributed by atoms with Crippen molar-refractivity contribution in [3.05, 3.63) is 60.2 Å². The Bertz CT molecular complexity index is 950. The monoisotopic (exact) mass is 348 g/mol. The minimum Gasteiger partial charge on any atom is -0.486 e. The highest BCUT2D eigenvalue weighted by atomic mass is 16.6. The molecule has 0 radical (unpaired) electrons. The third-order valence-electron chi connectivity index (χ3n) is 3.76. The maximum absolute atomic E-state index is 12.1. The van der Waals surface area contributed by atoms with Crippen molar-refractivity contribution in [1.82, 2.24) is 15.2 Å². The van der Waals surface area contributed by atoms with Gasteiger partial charge in [-0.3, -0.25) is 15.2 Å². The van der Waals surface area contributed by atoms with E-state index >= 15 is 0 Å². The second-order valence-electron chi connectivity index (χ2n) is 5.60. The van der Waals surface area contributed by atoms with E-state index in [9.17, 15) is 4.79 Å². The first-order valence-electron chi connectivity index (χ1n) is 8.14. The van der Waals surface area contributed by atoms with Crippen molar-refractivity contribution in [2.75, 3.05) is 18.5 Å². The van der Waals surface area contributed by atoms with Gasteiger partial charge in [-0.1, -0.05) is 36.4 Å². The fraction of sp³-hybridized carbons (Fsp3) is 0.105. The Hall–Kier alpha value is -3.61. The SMILES string of the molecule is O=C(/C=C/c1ccc2c(c1)OCCO2)Nc1n[nH]c(-c2ccccc2)n1. The van der Waals surface area contributed by atoms with E-state index in [1.807, 2.05) is 48.5 Å². The molecule has 2 N–H and O–H groups in total. The molecule has 0 saturated heterocycles. The predicted molar refractivity (Wildman–Crippen MR) is 96.9 cm³/mol. The number of aromatic nitrogens is 3. The van der Waals surface area contributed by atoms with E-state index in [-0.39, 0.29) is 11.9 Å². The molecule has 0 unspecified atom stereocenters. The Morgan fingerprint density at radius 2 is 1.88 bits per heavy atom. The van der Waals surface area contributed by atoms with Gasteiger partial charge in [0.05, 0.1) is 0 Å². The Morgan fingerprint density at radius 3 is 2.73 bits per heavy atom. The molecule has 130 valence electrons. The summed E-state index contributed by atoms with van der Waals surface area (Å²) in [5, 5.41) is 9.44. The fourth-order valence-electron chi connectivity index (χ4n) is 2.53. The van der Waals surface area contributed by atoms with Gasteiger partial charge < -0.3 is 9.47 Å². The molecule has 2 heterocycles. The minimum absolute atomic E-state index is 0.223. The van der Waals surface area contributed by atoms with Crippen molar-refractivity contribution in [3.63, 3.8) is 0 Å². The lowest BCUT2D eigenvalue weighted by Gasteiger charge is -2.18. The molecule has 7 nitrogen and oxygen atoms in total. The van der Waals surface area contributed by atoms with Crippen LogP contribution in [-0.4, -0.2) is 34.3 Å². The number of hydrogen-bond donors (Lipinski definition) is 2. The highest BCUT2D eigenvalue weighted by Crippen LogP contribution is 2.31. The first-order valence-corrected chi connectivity index (χ1v) is 8.14. The van der Waals surface area contributed by atoms with E-state index < -0.39 is 0 Å². The van der Waals surface area contributed by atoms with Gasteiger partial charge >= 0.3 is 0 Å². The third-order valence-corrected chi connectivity index (χ3v) is 3.76. The Morgan fingerprint density at radius 1 is 1.08 bits per heavy atom. The van der Waals surface area contributed by atoms with Crippen LogP contribution in [0, 0.1) is 0 Å². The smallest absolute Gasteiger partial charge is 0.250 e. The molecule has 0 bridgehead atoms. The van der Waals surface area contributed by atoms with E-state index in [1.54, 1.807) is 6.08 Å². The number of hydrogen-bond acceptors (Lipinski definition) is 5. The average molecular weight is 348 g/mol. The van der Waals surface area contributed by atoms with Crippen LogP contribution in [0.25, 0.3) is 17.5 Å². The normalized spacial score (nSPS) is 12.9. The Labute approximate surface area is 149 Å². The number of aromatic amines is 1. The largest absolute Gasteiger partial charge is 0.486 e. The molecule has 1 aliphatic rings. The zero-order valence-corrected chi connectivity index (χ0v) is 13.8. The number of amides is 1. The summed E-state index contributed by atoms with van der Waals surface area (Å²) in [5.74, 6) is 1.89. The minimum atomic E-state index is -0.321. The van der Waals surface area contributed by atoms with Crippen molar-refractivity contribution in [2.24, 2.45) is 0 Å². The lowest BCUT2D eigenvalue weighted by Crippen LogP contribution is -2.15. The van der Waals surface area contributed by atoms with Gasteiger partial charge in [0.1, 0.15) is 13.2 Å². The zero-order chi connectivity index (χ0) is 17.8. The van der Waals surface area contributed by atoms with Gasteiger partial charge in [0.15, 0.2) is 17.3 Å². The van der Waals surface area contributed by atoms with Crippen LogP contribution in [0.5, 0.6) is 11.5 Å². The molecule has 0 spiro atoms. The van der Waals surface area contributed by atoms with Crippen LogP contribution in [0.3, 0.4) is 0 Å². The molecular weight excluding hydrogens is 332 g/mol. The summed E-state index contributed by atoms with van der Waals surface area (Å²) in [6, 6.07) is 15.1. The van der Waals surface area contributed by atoms with Crippen molar-refractivity contribution < 1.29 is 14.3 Å². The molecule has 1 amide bonds. The van der Waals surface area contributed by atoms with Gasteiger partial charge in [-0.25, -0.2) is 0 Å². The average Bonchev–Trinajstić information content (AvgIpc) is 3.15. The highest BCUT2D eigenvalue weighted by molar-refractivity contribution is 6.01. The van der Waals surface area contributed by atoms with Crippen LogP contribution in [0.2, 0.25) is 0 Å². The predicted octanol–water partition coefficient (Wildman–Crippen LogP) is 2.89. The maximum Gasteiger partial charge on any atom is 0.250 e. The van der Waals surface area contributed by atoms with E-state index in [1.165, 1.54) is 6.08 Å². The molecule has 1 aromatic heterocycles. The number of carbonyl (C=O) groups is 1. The molecular formula is C19H16N4O3. The van der Waals surface area contributed by atoms with Gasteiger partial charge in [-0.15, -0.1) is 5.10 Å². The second kappa shape index (κ2) is 7.10. The highest BCUT2D eigenvalue weighted by Gasteiger charge is 2.11. The summed E-state index contributed by atoms with van der Waals surface area (Å²) in [6.07, 6.45) is 3.11. The van der Waals surface area contributed by atoms with Crippen molar-refractivity contribution in [3.8, 4) is 22.9 Å². The first kappa shape index (κ1) is 15.9. The van der Waals surface area contributed by atoms with Crippen molar-refractivity contribution in [1.29, 1.82) is 0 Å². The van der Waals surface area contributed by atoms with E-state index in [0.717, 1.165) is 11.1 Å². The molecule has 4 rings (SSSR count). The third kappa shape index (κ3) is 3.56. The summed E-state index contributed by atoms with van der Waals surface area (Å²) in [5.41, 5.74) is 1.73. The molecule has 3 aromatic rings. The summed E-state index contributed by atoms with van der Waals surface area (Å²) >= 11 is 0. The van der Waals surface area contributed by atoms with Crippen LogP contribution in [0.1, 0.15) is 5.56 Å². The number of anilines is 1. The number of nitrogens with one attached hydrogen (secondary N) is 2. The van der Waals surface area contributed by atoms with Crippen LogP contribution < -0.4 is 14.8 Å². The van der Waals surface area contributed by atoms with Gasteiger partial charge in [-0.05, 0) is 23.8 Å². The lowest BCUT2D eigenvalue weighted by molar-refractivity contribution is -0.111.